The zero-order chi connectivity index (χ0) is 24.3. The number of Topliss-reactive ketones (excluding diaryl/α,β-unsaturated/α-hetero) is 1. The molecule has 5 aliphatic rings. The third-order valence-corrected chi connectivity index (χ3v) is 8.64. The minimum atomic E-state index is -0.404. The molecule has 0 saturated carbocycles. The monoisotopic (exact) mass is 467 g/mol. The van der Waals surface area contributed by atoms with Gasteiger partial charge < -0.3 is 4.90 Å². The van der Waals surface area contributed by atoms with E-state index in [4.69, 9.17) is 0 Å². The molecule has 7 rings (SSSR count). The van der Waals surface area contributed by atoms with Gasteiger partial charge in [-0.25, -0.2) is 0 Å². The molecule has 0 amide bonds. The second-order valence-corrected chi connectivity index (χ2v) is 10.5. The Bertz CT molecular complexity index is 1480. The molecule has 2 aromatic carbocycles. The fraction of sp³-hybridized carbons (Fsp3) is 0.206. The van der Waals surface area contributed by atoms with Crippen molar-refractivity contribution < 1.29 is 4.79 Å². The quantitative estimate of drug-likeness (QED) is 0.440. The van der Waals surface area contributed by atoms with E-state index >= 15 is 0 Å². The van der Waals surface area contributed by atoms with E-state index in [9.17, 15) is 4.79 Å². The molecule has 0 N–H and O–H groups in total. The first-order valence-electron chi connectivity index (χ1n) is 13.0. The number of anilines is 1. The summed E-state index contributed by atoms with van der Waals surface area (Å²) in [6.45, 7) is 2.22. The van der Waals surface area contributed by atoms with E-state index < -0.39 is 5.41 Å². The molecule has 2 heteroatoms. The summed E-state index contributed by atoms with van der Waals surface area (Å²) in [4.78, 5) is 16.3. The van der Waals surface area contributed by atoms with Gasteiger partial charge in [0.15, 0.2) is 5.78 Å². The molecule has 0 saturated heterocycles. The molecule has 5 unspecified atom stereocenters. The minimum absolute atomic E-state index is 0.0276. The van der Waals surface area contributed by atoms with Crippen LogP contribution in [0.4, 0.5) is 5.69 Å². The van der Waals surface area contributed by atoms with Gasteiger partial charge in [0, 0.05) is 40.1 Å². The first-order valence-corrected chi connectivity index (χ1v) is 13.0. The van der Waals surface area contributed by atoms with Crippen molar-refractivity contribution in [3.8, 4) is 0 Å². The Hall–Kier alpha value is -3.91. The molecule has 4 aliphatic carbocycles. The van der Waals surface area contributed by atoms with Gasteiger partial charge in [0.1, 0.15) is 0 Å². The Morgan fingerprint density at radius 2 is 1.61 bits per heavy atom. The third-order valence-electron chi connectivity index (χ3n) is 8.64. The van der Waals surface area contributed by atoms with Crippen molar-refractivity contribution in [2.24, 2.45) is 17.8 Å². The van der Waals surface area contributed by atoms with Crippen molar-refractivity contribution in [2.75, 3.05) is 4.90 Å². The van der Waals surface area contributed by atoms with Gasteiger partial charge in [-0.05, 0) is 36.6 Å². The van der Waals surface area contributed by atoms with Crippen LogP contribution >= 0.6 is 0 Å². The third kappa shape index (κ3) is 2.88. The first-order chi connectivity index (χ1) is 17.7. The molecule has 176 valence electrons. The van der Waals surface area contributed by atoms with Crippen LogP contribution < -0.4 is 4.90 Å². The largest absolute Gasteiger partial charge is 0.334 e. The number of benzene rings is 2. The maximum absolute atomic E-state index is 13.8. The van der Waals surface area contributed by atoms with Crippen LogP contribution in [0.2, 0.25) is 0 Å². The fourth-order valence-electron chi connectivity index (χ4n) is 7.23. The van der Waals surface area contributed by atoms with Gasteiger partial charge in [0.2, 0.25) is 0 Å². The van der Waals surface area contributed by atoms with Gasteiger partial charge in [-0.1, -0.05) is 115 Å². The highest BCUT2D eigenvalue weighted by molar-refractivity contribution is 6.03. The molecule has 1 heterocycles. The van der Waals surface area contributed by atoms with E-state index in [2.05, 4.69) is 115 Å². The molecular formula is C34H29NO. The number of carbonyl (C=O) groups excluding carboxylic acids is 1. The van der Waals surface area contributed by atoms with Crippen molar-refractivity contribution in [3.63, 3.8) is 0 Å². The highest BCUT2D eigenvalue weighted by Gasteiger charge is 2.56. The lowest BCUT2D eigenvalue weighted by Crippen LogP contribution is -2.51. The van der Waals surface area contributed by atoms with Crippen molar-refractivity contribution in [2.45, 2.75) is 24.8 Å². The smallest absolute Gasteiger partial charge is 0.170 e. The summed E-state index contributed by atoms with van der Waals surface area (Å²) >= 11 is 0. The normalized spacial score (nSPS) is 31.2. The van der Waals surface area contributed by atoms with Crippen molar-refractivity contribution in [3.05, 3.63) is 149 Å². The van der Waals surface area contributed by atoms with Crippen LogP contribution in [-0.2, 0) is 5.41 Å². The molecule has 0 fully saturated rings. The number of nitrogens with zero attached hydrogens (tertiary/aromatic N) is 1. The lowest BCUT2D eigenvalue weighted by Gasteiger charge is -2.51. The number of hydrogen-bond donors (Lipinski definition) is 0. The molecule has 2 bridgehead atoms. The lowest BCUT2D eigenvalue weighted by molar-refractivity contribution is 0.0856. The van der Waals surface area contributed by atoms with Crippen LogP contribution in [0.1, 0.15) is 34.8 Å². The number of ketones is 1. The van der Waals surface area contributed by atoms with Crippen LogP contribution in [0, 0.1) is 17.8 Å². The van der Waals surface area contributed by atoms with E-state index in [1.165, 1.54) is 22.5 Å². The summed E-state index contributed by atoms with van der Waals surface area (Å²) in [6.07, 6.45) is 27.7. The van der Waals surface area contributed by atoms with E-state index in [-0.39, 0.29) is 29.6 Å². The average Bonchev–Trinajstić information content (AvgIpc) is 3.22. The minimum Gasteiger partial charge on any atom is -0.334 e. The van der Waals surface area contributed by atoms with Crippen LogP contribution in [-0.4, -0.2) is 11.8 Å². The summed E-state index contributed by atoms with van der Waals surface area (Å²) in [7, 11) is 0. The van der Waals surface area contributed by atoms with Crippen molar-refractivity contribution in [1.82, 2.24) is 0 Å². The van der Waals surface area contributed by atoms with Gasteiger partial charge >= 0.3 is 0 Å². The summed E-state index contributed by atoms with van der Waals surface area (Å²) in [5, 5.41) is 0. The standard InChI is InChI=1S/C34H29NO/c1-23-11-10-14-25(21-23)35-26-13-3-2-12-24(22-26)34(31-19-8-9-20-32(31)35)29-17-6-4-15-27(29)33(36)28-16-5-7-18-30(28)34/h2-20,22,24-25,27,29H,21H2,1H3. The Balaban J connectivity index is 1.58. The maximum atomic E-state index is 13.8. The SMILES string of the molecule is CC1=CC=CC(N2C3=CC(C=CC=C3)C3(c4ccccc4C(=O)C4C=CC=CC43)c3ccccc32)C1. The summed E-state index contributed by atoms with van der Waals surface area (Å²) < 4.78 is 0. The van der Waals surface area contributed by atoms with Crippen molar-refractivity contribution >= 4 is 11.5 Å². The number of para-hydroxylation sites is 1. The van der Waals surface area contributed by atoms with E-state index in [1.54, 1.807) is 0 Å². The Morgan fingerprint density at radius 3 is 2.50 bits per heavy atom. The molecule has 2 aromatic rings. The molecule has 0 aromatic heterocycles. The van der Waals surface area contributed by atoms with E-state index in [0.717, 1.165) is 17.5 Å². The highest BCUT2D eigenvalue weighted by atomic mass is 16.1. The molecule has 36 heavy (non-hydrogen) atoms. The number of fused-ring (bicyclic) bond motifs is 8. The highest BCUT2D eigenvalue weighted by Crippen LogP contribution is 2.59. The number of carbonyl (C=O) groups is 1. The molecule has 1 aliphatic heterocycles. The van der Waals surface area contributed by atoms with Crippen LogP contribution in [0.15, 0.2) is 133 Å². The van der Waals surface area contributed by atoms with Gasteiger partial charge in [0.05, 0.1) is 6.04 Å². The van der Waals surface area contributed by atoms with Crippen LogP contribution in [0.3, 0.4) is 0 Å². The van der Waals surface area contributed by atoms with Gasteiger partial charge in [-0.15, -0.1) is 0 Å². The molecule has 2 nitrogen and oxygen atoms in total. The fourth-order valence-corrected chi connectivity index (χ4v) is 7.23. The molecule has 5 atom stereocenters. The molecular weight excluding hydrogens is 438 g/mol. The molecule has 0 radical (unpaired) electrons. The Labute approximate surface area is 213 Å². The topological polar surface area (TPSA) is 20.3 Å². The predicted octanol–water partition coefficient (Wildman–Crippen LogP) is 7.25. The maximum Gasteiger partial charge on any atom is 0.170 e. The van der Waals surface area contributed by atoms with Crippen molar-refractivity contribution in [1.29, 1.82) is 0 Å². The zero-order valence-electron chi connectivity index (χ0n) is 20.4. The summed E-state index contributed by atoms with van der Waals surface area (Å²) in [5.74, 6) is 0.178. The summed E-state index contributed by atoms with van der Waals surface area (Å²) in [6, 6.07) is 17.5. The van der Waals surface area contributed by atoms with Crippen LogP contribution in [0.5, 0.6) is 0 Å². The number of hydrogen-bond acceptors (Lipinski definition) is 2. The van der Waals surface area contributed by atoms with Gasteiger partial charge in [-0.3, -0.25) is 4.79 Å². The second-order valence-electron chi connectivity index (χ2n) is 10.5. The molecule has 1 spiro atoms. The summed E-state index contributed by atoms with van der Waals surface area (Å²) in [5.41, 5.74) is 6.75. The average molecular weight is 468 g/mol. The van der Waals surface area contributed by atoms with Gasteiger partial charge in [0.25, 0.3) is 0 Å². The first kappa shape index (κ1) is 21.4. The number of allylic oxidation sites excluding steroid dienone is 11. The Kier molecular flexibility index (Phi) is 4.79. The van der Waals surface area contributed by atoms with Crippen LogP contribution in [0.25, 0.3) is 0 Å². The Morgan fingerprint density at radius 1 is 0.833 bits per heavy atom. The lowest BCUT2D eigenvalue weighted by atomic mass is 9.50. The van der Waals surface area contributed by atoms with E-state index in [1.807, 2.05) is 18.2 Å². The predicted molar refractivity (Wildman–Crippen MR) is 147 cm³/mol. The number of rotatable bonds is 1. The second kappa shape index (κ2) is 8.06. The van der Waals surface area contributed by atoms with Gasteiger partial charge in [-0.2, -0.15) is 0 Å². The zero-order valence-corrected chi connectivity index (χ0v) is 20.4. The van der Waals surface area contributed by atoms with E-state index in [0.29, 0.717) is 0 Å².